The van der Waals surface area contributed by atoms with Gasteiger partial charge in [0.15, 0.2) is 18.1 Å². The Kier molecular flexibility index (Phi) is 5.59. The number of imide groups is 1. The Morgan fingerprint density at radius 1 is 1.07 bits per heavy atom. The summed E-state index contributed by atoms with van der Waals surface area (Å²) < 4.78 is 15.1. The van der Waals surface area contributed by atoms with Crippen molar-refractivity contribution < 1.29 is 28.6 Å². The van der Waals surface area contributed by atoms with Crippen molar-refractivity contribution in [1.29, 1.82) is 0 Å². The van der Waals surface area contributed by atoms with E-state index in [4.69, 9.17) is 9.47 Å². The standard InChI is InChI=1S/C20H18N2O6/c1-26-17-11-13(8-9-16(17)28-12-18(23)27-2)10-15-19(24)22(20(25)21-15)14-6-4-3-5-7-14/h3-11H,12H2,1-2H3,(H,21,25)/b15-10-. The Balaban J connectivity index is 1.82. The van der Waals surface area contributed by atoms with Crippen molar-refractivity contribution in [2.75, 3.05) is 25.7 Å². The molecule has 1 aliphatic rings. The summed E-state index contributed by atoms with van der Waals surface area (Å²) in [5.41, 5.74) is 1.23. The van der Waals surface area contributed by atoms with Gasteiger partial charge in [0.05, 0.1) is 19.9 Å². The summed E-state index contributed by atoms with van der Waals surface area (Å²) >= 11 is 0. The zero-order valence-corrected chi connectivity index (χ0v) is 15.3. The van der Waals surface area contributed by atoms with Gasteiger partial charge in [0.1, 0.15) is 5.70 Å². The second-order valence-corrected chi connectivity index (χ2v) is 5.74. The third kappa shape index (κ3) is 3.96. The number of benzene rings is 2. The van der Waals surface area contributed by atoms with Crippen LogP contribution in [0, 0.1) is 0 Å². The summed E-state index contributed by atoms with van der Waals surface area (Å²) in [7, 11) is 2.72. The number of esters is 1. The third-order valence-corrected chi connectivity index (χ3v) is 3.96. The van der Waals surface area contributed by atoms with Crippen LogP contribution in [0.15, 0.2) is 54.2 Å². The maximum atomic E-state index is 12.6. The molecule has 28 heavy (non-hydrogen) atoms. The Labute approximate surface area is 161 Å². The highest BCUT2D eigenvalue weighted by atomic mass is 16.6. The summed E-state index contributed by atoms with van der Waals surface area (Å²) in [6, 6.07) is 13.0. The van der Waals surface area contributed by atoms with Crippen molar-refractivity contribution in [2.24, 2.45) is 0 Å². The second kappa shape index (κ2) is 8.26. The molecule has 0 atom stereocenters. The molecule has 1 N–H and O–H groups in total. The summed E-state index contributed by atoms with van der Waals surface area (Å²) in [5, 5.41) is 2.57. The molecule has 1 fully saturated rings. The number of carbonyl (C=O) groups is 3. The second-order valence-electron chi connectivity index (χ2n) is 5.74. The normalized spacial score (nSPS) is 14.8. The van der Waals surface area contributed by atoms with Gasteiger partial charge in [0.25, 0.3) is 5.91 Å². The highest BCUT2D eigenvalue weighted by Gasteiger charge is 2.34. The smallest absolute Gasteiger partial charge is 0.343 e. The number of carbonyl (C=O) groups excluding carboxylic acids is 3. The lowest BCUT2D eigenvalue weighted by atomic mass is 10.1. The molecule has 3 rings (SSSR count). The van der Waals surface area contributed by atoms with Crippen LogP contribution >= 0.6 is 0 Å². The Morgan fingerprint density at radius 2 is 1.82 bits per heavy atom. The van der Waals surface area contributed by atoms with Crippen LogP contribution in [0.2, 0.25) is 0 Å². The van der Waals surface area contributed by atoms with E-state index in [-0.39, 0.29) is 12.3 Å². The van der Waals surface area contributed by atoms with E-state index in [9.17, 15) is 14.4 Å². The molecule has 0 radical (unpaired) electrons. The van der Waals surface area contributed by atoms with Crippen LogP contribution in [0.1, 0.15) is 5.56 Å². The van der Waals surface area contributed by atoms with Gasteiger partial charge in [-0.1, -0.05) is 24.3 Å². The molecule has 1 aliphatic heterocycles. The number of nitrogens with zero attached hydrogens (tertiary/aromatic N) is 1. The van der Waals surface area contributed by atoms with E-state index in [0.29, 0.717) is 22.7 Å². The number of rotatable bonds is 6. The Morgan fingerprint density at radius 3 is 2.50 bits per heavy atom. The molecule has 0 bridgehead atoms. The molecule has 0 saturated carbocycles. The predicted octanol–water partition coefficient (Wildman–Crippen LogP) is 2.34. The van der Waals surface area contributed by atoms with Crippen LogP contribution in [0.25, 0.3) is 6.08 Å². The molecule has 2 aromatic rings. The van der Waals surface area contributed by atoms with Gasteiger partial charge in [0, 0.05) is 0 Å². The highest BCUT2D eigenvalue weighted by Crippen LogP contribution is 2.29. The van der Waals surface area contributed by atoms with Gasteiger partial charge in [-0.15, -0.1) is 0 Å². The van der Waals surface area contributed by atoms with Crippen molar-refractivity contribution in [3.8, 4) is 11.5 Å². The number of nitrogens with one attached hydrogen (secondary N) is 1. The van der Waals surface area contributed by atoms with Crippen molar-refractivity contribution >= 4 is 29.7 Å². The van der Waals surface area contributed by atoms with Crippen LogP contribution in [0.3, 0.4) is 0 Å². The topological polar surface area (TPSA) is 94.2 Å². The van der Waals surface area contributed by atoms with Crippen molar-refractivity contribution in [3.05, 3.63) is 59.8 Å². The monoisotopic (exact) mass is 382 g/mol. The van der Waals surface area contributed by atoms with E-state index >= 15 is 0 Å². The largest absolute Gasteiger partial charge is 0.493 e. The molecule has 8 nitrogen and oxygen atoms in total. The average Bonchev–Trinajstić information content (AvgIpc) is 3.00. The van der Waals surface area contributed by atoms with E-state index in [2.05, 4.69) is 10.1 Å². The maximum Gasteiger partial charge on any atom is 0.343 e. The number of hydrogen-bond acceptors (Lipinski definition) is 6. The van der Waals surface area contributed by atoms with E-state index in [0.717, 1.165) is 4.90 Å². The fraction of sp³-hybridized carbons (Fsp3) is 0.150. The molecule has 2 aromatic carbocycles. The molecular formula is C20H18N2O6. The lowest BCUT2D eigenvalue weighted by molar-refractivity contribution is -0.142. The zero-order chi connectivity index (χ0) is 20.1. The SMILES string of the molecule is COC(=O)COc1ccc(/C=C2\NC(=O)N(c3ccccc3)C2=O)cc1OC. The number of hydrogen-bond donors (Lipinski definition) is 1. The minimum Gasteiger partial charge on any atom is -0.493 e. The van der Waals surface area contributed by atoms with Crippen molar-refractivity contribution in [1.82, 2.24) is 5.32 Å². The maximum absolute atomic E-state index is 12.6. The molecule has 0 aromatic heterocycles. The number of para-hydroxylation sites is 1. The van der Waals surface area contributed by atoms with Gasteiger partial charge < -0.3 is 19.5 Å². The lowest BCUT2D eigenvalue weighted by Crippen LogP contribution is -2.30. The minimum absolute atomic E-state index is 0.138. The summed E-state index contributed by atoms with van der Waals surface area (Å²) in [6.07, 6.45) is 1.54. The first-order chi connectivity index (χ1) is 13.5. The fourth-order valence-corrected chi connectivity index (χ4v) is 2.60. The summed E-state index contributed by atoms with van der Waals surface area (Å²) in [5.74, 6) is -0.257. The first kappa shape index (κ1) is 19.0. The Hall–Kier alpha value is -3.81. The molecule has 144 valence electrons. The van der Waals surface area contributed by atoms with Crippen LogP contribution in [0.4, 0.5) is 10.5 Å². The van der Waals surface area contributed by atoms with Gasteiger partial charge >= 0.3 is 12.0 Å². The molecule has 1 saturated heterocycles. The third-order valence-electron chi connectivity index (χ3n) is 3.96. The van der Waals surface area contributed by atoms with Gasteiger partial charge in [-0.25, -0.2) is 14.5 Å². The molecule has 0 unspecified atom stereocenters. The fourth-order valence-electron chi connectivity index (χ4n) is 2.60. The average molecular weight is 382 g/mol. The molecule has 0 aliphatic carbocycles. The van der Waals surface area contributed by atoms with Crippen LogP contribution in [-0.4, -0.2) is 38.7 Å². The van der Waals surface area contributed by atoms with Crippen LogP contribution < -0.4 is 19.7 Å². The molecule has 1 heterocycles. The van der Waals surface area contributed by atoms with Crippen molar-refractivity contribution in [2.45, 2.75) is 0 Å². The number of amides is 3. The highest BCUT2D eigenvalue weighted by molar-refractivity contribution is 6.28. The number of anilines is 1. The van der Waals surface area contributed by atoms with Gasteiger partial charge in [0.2, 0.25) is 0 Å². The first-order valence-electron chi connectivity index (χ1n) is 8.33. The van der Waals surface area contributed by atoms with Gasteiger partial charge in [-0.05, 0) is 35.9 Å². The lowest BCUT2D eigenvalue weighted by Gasteiger charge is -2.11. The molecule has 3 amide bonds. The summed E-state index contributed by atoms with van der Waals surface area (Å²) in [6.45, 7) is -0.256. The molecular weight excluding hydrogens is 364 g/mol. The van der Waals surface area contributed by atoms with E-state index in [1.54, 1.807) is 48.5 Å². The van der Waals surface area contributed by atoms with Crippen LogP contribution in [-0.2, 0) is 14.3 Å². The van der Waals surface area contributed by atoms with Crippen molar-refractivity contribution in [3.63, 3.8) is 0 Å². The predicted molar refractivity (Wildman–Crippen MR) is 101 cm³/mol. The van der Waals surface area contributed by atoms with E-state index in [1.807, 2.05) is 0 Å². The van der Waals surface area contributed by atoms with E-state index < -0.39 is 17.9 Å². The summed E-state index contributed by atoms with van der Waals surface area (Å²) in [4.78, 5) is 37.1. The van der Waals surface area contributed by atoms with Gasteiger partial charge in [-0.2, -0.15) is 0 Å². The molecule has 8 heteroatoms. The van der Waals surface area contributed by atoms with Gasteiger partial charge in [-0.3, -0.25) is 4.79 Å². The molecule has 0 spiro atoms. The first-order valence-corrected chi connectivity index (χ1v) is 8.33. The van der Waals surface area contributed by atoms with E-state index in [1.165, 1.54) is 20.3 Å². The zero-order valence-electron chi connectivity index (χ0n) is 15.3. The quantitative estimate of drug-likeness (QED) is 0.468. The number of urea groups is 1. The van der Waals surface area contributed by atoms with Crippen LogP contribution in [0.5, 0.6) is 11.5 Å². The minimum atomic E-state index is -0.521. The Bertz CT molecular complexity index is 939. The number of methoxy groups -OCH3 is 2. The number of ether oxygens (including phenoxy) is 3.